The number of ether oxygens (including phenoxy) is 2. The van der Waals surface area contributed by atoms with E-state index in [1.54, 1.807) is 30.9 Å². The number of aliphatic hydroxyl groups excluding tert-OH is 1. The summed E-state index contributed by atoms with van der Waals surface area (Å²) in [6.07, 6.45) is 3.92. The fourth-order valence-corrected chi connectivity index (χ4v) is 4.40. The maximum Gasteiger partial charge on any atom is 0.341 e. The Balaban J connectivity index is 1.37. The summed E-state index contributed by atoms with van der Waals surface area (Å²) in [6.45, 7) is 3.71. The van der Waals surface area contributed by atoms with Crippen molar-refractivity contribution in [2.45, 2.75) is 31.6 Å². The van der Waals surface area contributed by atoms with Gasteiger partial charge in [-0.25, -0.2) is 9.78 Å². The number of aromatic nitrogens is 3. The summed E-state index contributed by atoms with van der Waals surface area (Å²) in [7, 11) is 1.35. The molecule has 0 radical (unpaired) electrons. The number of rotatable bonds is 6. The number of carbonyl (C=O) groups excluding carboxylic acids is 1. The lowest BCUT2D eigenvalue weighted by Crippen LogP contribution is -2.42. The van der Waals surface area contributed by atoms with E-state index in [1.165, 1.54) is 7.11 Å². The second-order valence-electron chi connectivity index (χ2n) is 7.62. The summed E-state index contributed by atoms with van der Waals surface area (Å²) >= 11 is 0. The van der Waals surface area contributed by atoms with Crippen LogP contribution in [0, 0.1) is 11.8 Å². The van der Waals surface area contributed by atoms with Crippen molar-refractivity contribution in [3.8, 4) is 5.75 Å². The number of methoxy groups -OCH3 is 1. The number of nitrogens with zero attached hydrogens (tertiary/aromatic N) is 4. The van der Waals surface area contributed by atoms with Crippen LogP contribution in [0.4, 0.5) is 0 Å². The SMILES string of the molecule is COC(=O)c1ccccc1O[C@@H]1C[C@@H]2CN(CCn3cncn3)C[C@@H]2C[C@H]1O. The molecule has 28 heavy (non-hydrogen) atoms. The highest BCUT2D eigenvalue weighted by Gasteiger charge is 2.42. The van der Waals surface area contributed by atoms with Crippen molar-refractivity contribution in [2.75, 3.05) is 26.7 Å². The van der Waals surface area contributed by atoms with E-state index < -0.39 is 12.1 Å². The van der Waals surface area contributed by atoms with Gasteiger partial charge < -0.3 is 19.5 Å². The van der Waals surface area contributed by atoms with Crippen molar-refractivity contribution in [1.82, 2.24) is 19.7 Å². The van der Waals surface area contributed by atoms with Crippen LogP contribution in [0.2, 0.25) is 0 Å². The highest BCUT2D eigenvalue weighted by Crippen LogP contribution is 2.38. The van der Waals surface area contributed by atoms with E-state index in [-0.39, 0.29) is 6.10 Å². The highest BCUT2D eigenvalue weighted by molar-refractivity contribution is 5.92. The second-order valence-corrected chi connectivity index (χ2v) is 7.62. The minimum atomic E-state index is -0.540. The molecule has 1 saturated heterocycles. The average Bonchev–Trinajstić information content (AvgIpc) is 3.35. The molecule has 1 aromatic carbocycles. The zero-order valence-corrected chi connectivity index (χ0v) is 16.0. The number of benzene rings is 1. The molecule has 0 bridgehead atoms. The smallest absolute Gasteiger partial charge is 0.341 e. The Labute approximate surface area is 164 Å². The van der Waals surface area contributed by atoms with Gasteiger partial charge in [-0.2, -0.15) is 5.10 Å². The standard InChI is InChI=1S/C20H26N4O4/c1-27-20(26)16-4-2-3-5-18(16)28-19-9-15-11-23(10-14(15)8-17(19)25)6-7-24-13-21-12-22-24/h2-5,12-15,17,19,25H,6-11H2,1H3/t14-,15+,17+,19+/m0/s1. The van der Waals surface area contributed by atoms with Gasteiger partial charge in [-0.1, -0.05) is 12.1 Å². The van der Waals surface area contributed by atoms with Crippen molar-refractivity contribution in [3.63, 3.8) is 0 Å². The van der Waals surface area contributed by atoms with E-state index in [1.807, 2.05) is 10.7 Å². The fraction of sp³-hybridized carbons (Fsp3) is 0.550. The molecule has 0 spiro atoms. The van der Waals surface area contributed by atoms with E-state index in [0.29, 0.717) is 23.1 Å². The summed E-state index contributed by atoms with van der Waals surface area (Å²) in [5, 5.41) is 14.8. The molecule has 2 aliphatic rings. The maximum absolute atomic E-state index is 12.0. The normalized spacial score (nSPS) is 27.4. The van der Waals surface area contributed by atoms with E-state index in [0.717, 1.165) is 39.0 Å². The lowest BCUT2D eigenvalue weighted by molar-refractivity contribution is -0.0237. The zero-order valence-electron chi connectivity index (χ0n) is 16.0. The predicted octanol–water partition coefficient (Wildman–Crippen LogP) is 1.21. The number of hydrogen-bond donors (Lipinski definition) is 1. The molecule has 2 fully saturated rings. The molecule has 4 rings (SSSR count). The Morgan fingerprint density at radius 2 is 2.00 bits per heavy atom. The van der Waals surface area contributed by atoms with Crippen molar-refractivity contribution in [2.24, 2.45) is 11.8 Å². The topological polar surface area (TPSA) is 89.7 Å². The first-order chi connectivity index (χ1) is 13.6. The van der Waals surface area contributed by atoms with Crippen molar-refractivity contribution in [1.29, 1.82) is 0 Å². The van der Waals surface area contributed by atoms with E-state index in [4.69, 9.17) is 9.47 Å². The van der Waals surface area contributed by atoms with Gasteiger partial charge in [-0.3, -0.25) is 4.68 Å². The molecular formula is C20H26N4O4. The quantitative estimate of drug-likeness (QED) is 0.747. The molecule has 0 amide bonds. The van der Waals surface area contributed by atoms with Crippen LogP contribution >= 0.6 is 0 Å². The molecular weight excluding hydrogens is 360 g/mol. The van der Waals surface area contributed by atoms with Gasteiger partial charge in [-0.15, -0.1) is 0 Å². The van der Waals surface area contributed by atoms with Crippen LogP contribution in [0.3, 0.4) is 0 Å². The summed E-state index contributed by atoms with van der Waals surface area (Å²) in [6, 6.07) is 7.03. The number of aliphatic hydroxyl groups is 1. The van der Waals surface area contributed by atoms with Crippen LogP contribution in [-0.2, 0) is 11.3 Å². The van der Waals surface area contributed by atoms with E-state index in [9.17, 15) is 9.90 Å². The summed E-state index contributed by atoms with van der Waals surface area (Å²) in [5.41, 5.74) is 0.389. The zero-order chi connectivity index (χ0) is 19.5. The van der Waals surface area contributed by atoms with Crippen LogP contribution in [0.5, 0.6) is 5.75 Å². The Morgan fingerprint density at radius 3 is 2.75 bits per heavy atom. The van der Waals surface area contributed by atoms with E-state index >= 15 is 0 Å². The lowest BCUT2D eigenvalue weighted by atomic mass is 9.78. The molecule has 1 aliphatic heterocycles. The average molecular weight is 386 g/mol. The number of likely N-dealkylation sites (tertiary alicyclic amines) is 1. The second kappa shape index (κ2) is 8.28. The number of esters is 1. The molecule has 1 N–H and O–H groups in total. The third kappa shape index (κ3) is 4.02. The van der Waals surface area contributed by atoms with Crippen molar-refractivity contribution >= 4 is 5.97 Å². The predicted molar refractivity (Wildman–Crippen MR) is 101 cm³/mol. The van der Waals surface area contributed by atoms with Crippen LogP contribution in [0.1, 0.15) is 23.2 Å². The van der Waals surface area contributed by atoms with Crippen LogP contribution in [0.15, 0.2) is 36.9 Å². The van der Waals surface area contributed by atoms with Crippen LogP contribution < -0.4 is 4.74 Å². The first-order valence-electron chi connectivity index (χ1n) is 9.71. The Kier molecular flexibility index (Phi) is 5.59. The highest BCUT2D eigenvalue weighted by atomic mass is 16.5. The molecule has 1 aromatic heterocycles. The van der Waals surface area contributed by atoms with Gasteiger partial charge in [0.15, 0.2) is 0 Å². The van der Waals surface area contributed by atoms with Gasteiger partial charge in [0, 0.05) is 19.6 Å². The lowest BCUT2D eigenvalue weighted by Gasteiger charge is -2.35. The van der Waals surface area contributed by atoms with Crippen molar-refractivity contribution < 1.29 is 19.4 Å². The minimum absolute atomic E-state index is 0.317. The van der Waals surface area contributed by atoms with E-state index in [2.05, 4.69) is 15.0 Å². The monoisotopic (exact) mass is 386 g/mol. The minimum Gasteiger partial charge on any atom is -0.487 e. The molecule has 8 nitrogen and oxygen atoms in total. The molecule has 0 unspecified atom stereocenters. The molecule has 4 atom stereocenters. The van der Waals surface area contributed by atoms with Gasteiger partial charge in [0.25, 0.3) is 0 Å². The Bertz CT molecular complexity index is 797. The third-order valence-corrected chi connectivity index (χ3v) is 5.84. The summed E-state index contributed by atoms with van der Waals surface area (Å²) in [5.74, 6) is 0.993. The number of carbonyl (C=O) groups is 1. The van der Waals surface area contributed by atoms with Gasteiger partial charge in [-0.05, 0) is 36.8 Å². The molecule has 2 aromatic rings. The molecule has 8 heteroatoms. The van der Waals surface area contributed by atoms with Gasteiger partial charge in [0.2, 0.25) is 0 Å². The first-order valence-corrected chi connectivity index (χ1v) is 9.71. The van der Waals surface area contributed by atoms with Crippen molar-refractivity contribution in [3.05, 3.63) is 42.5 Å². The first kappa shape index (κ1) is 18.9. The molecule has 1 aliphatic carbocycles. The summed E-state index contributed by atoms with van der Waals surface area (Å²) in [4.78, 5) is 18.4. The van der Waals surface area contributed by atoms with Gasteiger partial charge in [0.1, 0.15) is 30.1 Å². The van der Waals surface area contributed by atoms with Crippen LogP contribution in [0.25, 0.3) is 0 Å². The Hall–Kier alpha value is -2.45. The molecule has 2 heterocycles. The Morgan fingerprint density at radius 1 is 1.21 bits per heavy atom. The number of fused-ring (bicyclic) bond motifs is 1. The van der Waals surface area contributed by atoms with Gasteiger partial charge in [0.05, 0.1) is 19.8 Å². The third-order valence-electron chi connectivity index (χ3n) is 5.84. The summed E-state index contributed by atoms with van der Waals surface area (Å²) < 4.78 is 12.8. The van der Waals surface area contributed by atoms with Gasteiger partial charge >= 0.3 is 5.97 Å². The number of para-hydroxylation sites is 1. The molecule has 150 valence electrons. The maximum atomic E-state index is 12.0. The van der Waals surface area contributed by atoms with Crippen LogP contribution in [-0.4, -0.2) is 69.7 Å². The number of hydrogen-bond acceptors (Lipinski definition) is 7. The fourth-order valence-electron chi connectivity index (χ4n) is 4.40. The largest absolute Gasteiger partial charge is 0.487 e. The molecule has 1 saturated carbocycles.